The van der Waals surface area contributed by atoms with Crippen molar-refractivity contribution < 1.29 is 9.53 Å². The smallest absolute Gasteiger partial charge is 0.308 e. The maximum atomic E-state index is 11.6. The molecule has 0 bridgehead atoms. The summed E-state index contributed by atoms with van der Waals surface area (Å²) in [6.07, 6.45) is 10.6. The summed E-state index contributed by atoms with van der Waals surface area (Å²) in [5.41, 5.74) is 0. The first-order valence-corrected chi connectivity index (χ1v) is 7.39. The fraction of sp³-hybridized carbons (Fsp3) is 0.933. The SMILES string of the molecule is CCCCCCCOC(=O)C(C)CCCCC. The number of unbranched alkanes of at least 4 members (excludes halogenated alkanes) is 6. The van der Waals surface area contributed by atoms with Gasteiger partial charge in [-0.25, -0.2) is 0 Å². The summed E-state index contributed by atoms with van der Waals surface area (Å²) < 4.78 is 5.28. The number of ether oxygens (including phenoxy) is 1. The van der Waals surface area contributed by atoms with Crippen molar-refractivity contribution in [1.29, 1.82) is 0 Å². The van der Waals surface area contributed by atoms with E-state index in [-0.39, 0.29) is 11.9 Å². The van der Waals surface area contributed by atoms with Crippen molar-refractivity contribution in [2.24, 2.45) is 5.92 Å². The molecule has 2 nitrogen and oxygen atoms in total. The van der Waals surface area contributed by atoms with E-state index in [1.807, 2.05) is 6.92 Å². The Kier molecular flexibility index (Phi) is 11.6. The van der Waals surface area contributed by atoms with Crippen molar-refractivity contribution in [1.82, 2.24) is 0 Å². The minimum absolute atomic E-state index is 0.00315. The normalized spacial score (nSPS) is 12.4. The molecule has 0 aromatic carbocycles. The second kappa shape index (κ2) is 11.9. The highest BCUT2D eigenvalue weighted by Crippen LogP contribution is 2.11. The number of hydrogen-bond donors (Lipinski definition) is 0. The van der Waals surface area contributed by atoms with Gasteiger partial charge in [-0.05, 0) is 12.8 Å². The van der Waals surface area contributed by atoms with E-state index in [0.717, 1.165) is 19.3 Å². The van der Waals surface area contributed by atoms with Crippen LogP contribution in [0.2, 0.25) is 0 Å². The Labute approximate surface area is 107 Å². The van der Waals surface area contributed by atoms with E-state index in [1.54, 1.807) is 0 Å². The van der Waals surface area contributed by atoms with Gasteiger partial charge in [-0.3, -0.25) is 4.79 Å². The molecule has 0 spiro atoms. The maximum Gasteiger partial charge on any atom is 0.308 e. The summed E-state index contributed by atoms with van der Waals surface area (Å²) in [5.74, 6) is 0.0776. The molecule has 102 valence electrons. The van der Waals surface area contributed by atoms with Crippen LogP contribution in [0.4, 0.5) is 0 Å². The van der Waals surface area contributed by atoms with Crippen LogP contribution in [-0.4, -0.2) is 12.6 Å². The first-order chi connectivity index (χ1) is 8.22. The predicted molar refractivity (Wildman–Crippen MR) is 73.0 cm³/mol. The molecule has 0 amide bonds. The molecular weight excluding hydrogens is 212 g/mol. The Morgan fingerprint density at radius 3 is 2.18 bits per heavy atom. The van der Waals surface area contributed by atoms with E-state index in [9.17, 15) is 4.79 Å². The highest BCUT2D eigenvalue weighted by Gasteiger charge is 2.13. The monoisotopic (exact) mass is 242 g/mol. The van der Waals surface area contributed by atoms with Gasteiger partial charge in [0.2, 0.25) is 0 Å². The van der Waals surface area contributed by atoms with Gasteiger partial charge in [0.15, 0.2) is 0 Å². The van der Waals surface area contributed by atoms with Gasteiger partial charge in [-0.1, -0.05) is 65.7 Å². The zero-order chi connectivity index (χ0) is 12.9. The van der Waals surface area contributed by atoms with Crippen LogP contribution >= 0.6 is 0 Å². The molecule has 0 aliphatic heterocycles. The summed E-state index contributed by atoms with van der Waals surface area (Å²) in [6.45, 7) is 6.98. The zero-order valence-electron chi connectivity index (χ0n) is 12.0. The van der Waals surface area contributed by atoms with Crippen LogP contribution in [0.1, 0.15) is 78.6 Å². The highest BCUT2D eigenvalue weighted by atomic mass is 16.5. The van der Waals surface area contributed by atoms with E-state index in [4.69, 9.17) is 4.74 Å². The van der Waals surface area contributed by atoms with Gasteiger partial charge in [0, 0.05) is 0 Å². The summed E-state index contributed by atoms with van der Waals surface area (Å²) in [6, 6.07) is 0. The molecule has 0 radical (unpaired) electrons. The summed E-state index contributed by atoms with van der Waals surface area (Å²) in [4.78, 5) is 11.6. The average Bonchev–Trinajstić information content (AvgIpc) is 2.33. The molecule has 0 saturated heterocycles. The first-order valence-electron chi connectivity index (χ1n) is 7.39. The van der Waals surface area contributed by atoms with Crippen LogP contribution in [0.3, 0.4) is 0 Å². The maximum absolute atomic E-state index is 11.6. The van der Waals surface area contributed by atoms with Gasteiger partial charge in [-0.15, -0.1) is 0 Å². The highest BCUT2D eigenvalue weighted by molar-refractivity contribution is 5.71. The lowest BCUT2D eigenvalue weighted by Gasteiger charge is -2.11. The van der Waals surface area contributed by atoms with Gasteiger partial charge in [0.25, 0.3) is 0 Å². The molecule has 2 heteroatoms. The molecule has 0 N–H and O–H groups in total. The average molecular weight is 242 g/mol. The van der Waals surface area contributed by atoms with E-state index in [1.165, 1.54) is 38.5 Å². The third-order valence-corrected chi connectivity index (χ3v) is 3.14. The Bertz CT molecular complexity index is 178. The van der Waals surface area contributed by atoms with E-state index < -0.39 is 0 Å². The Morgan fingerprint density at radius 1 is 0.941 bits per heavy atom. The lowest BCUT2D eigenvalue weighted by atomic mass is 10.0. The van der Waals surface area contributed by atoms with E-state index in [2.05, 4.69) is 13.8 Å². The quantitative estimate of drug-likeness (QED) is 0.387. The van der Waals surface area contributed by atoms with Crippen molar-refractivity contribution in [2.45, 2.75) is 78.6 Å². The lowest BCUT2D eigenvalue weighted by Crippen LogP contribution is -2.15. The molecule has 0 aliphatic carbocycles. The molecule has 0 aliphatic rings. The standard InChI is InChI=1S/C15H30O2/c1-4-6-8-9-11-13-17-15(16)14(3)12-10-7-5-2/h14H,4-13H2,1-3H3. The van der Waals surface area contributed by atoms with Crippen molar-refractivity contribution in [3.8, 4) is 0 Å². The van der Waals surface area contributed by atoms with E-state index >= 15 is 0 Å². The lowest BCUT2D eigenvalue weighted by molar-refractivity contribution is -0.148. The van der Waals surface area contributed by atoms with Crippen molar-refractivity contribution in [3.63, 3.8) is 0 Å². The van der Waals surface area contributed by atoms with Gasteiger partial charge in [0.1, 0.15) is 0 Å². The minimum atomic E-state index is -0.00315. The first kappa shape index (κ1) is 16.5. The van der Waals surface area contributed by atoms with Crippen LogP contribution in [0, 0.1) is 5.92 Å². The van der Waals surface area contributed by atoms with Crippen molar-refractivity contribution in [3.05, 3.63) is 0 Å². The summed E-state index contributed by atoms with van der Waals surface area (Å²) in [7, 11) is 0. The summed E-state index contributed by atoms with van der Waals surface area (Å²) >= 11 is 0. The number of rotatable bonds is 11. The molecule has 0 aromatic heterocycles. The third-order valence-electron chi connectivity index (χ3n) is 3.14. The van der Waals surface area contributed by atoms with Crippen molar-refractivity contribution >= 4 is 5.97 Å². The number of esters is 1. The van der Waals surface area contributed by atoms with Gasteiger partial charge in [-0.2, -0.15) is 0 Å². The van der Waals surface area contributed by atoms with Crippen LogP contribution in [-0.2, 0) is 9.53 Å². The summed E-state index contributed by atoms with van der Waals surface area (Å²) in [5, 5.41) is 0. The number of hydrogen-bond acceptors (Lipinski definition) is 2. The second-order valence-corrected chi connectivity index (χ2v) is 4.98. The largest absolute Gasteiger partial charge is 0.465 e. The van der Waals surface area contributed by atoms with Gasteiger partial charge in [0.05, 0.1) is 12.5 Å². The van der Waals surface area contributed by atoms with Crippen LogP contribution in [0.25, 0.3) is 0 Å². The molecule has 0 aromatic rings. The van der Waals surface area contributed by atoms with Crippen molar-refractivity contribution in [2.75, 3.05) is 6.61 Å². The third kappa shape index (κ3) is 10.3. The predicted octanol–water partition coefficient (Wildman–Crippen LogP) is 4.72. The molecule has 17 heavy (non-hydrogen) atoms. The van der Waals surface area contributed by atoms with E-state index in [0.29, 0.717) is 6.61 Å². The second-order valence-electron chi connectivity index (χ2n) is 4.98. The minimum Gasteiger partial charge on any atom is -0.465 e. The fourth-order valence-corrected chi connectivity index (χ4v) is 1.84. The van der Waals surface area contributed by atoms with Crippen LogP contribution < -0.4 is 0 Å². The molecule has 1 atom stereocenters. The fourth-order valence-electron chi connectivity index (χ4n) is 1.84. The Balaban J connectivity index is 3.37. The number of carbonyl (C=O) groups excluding carboxylic acids is 1. The van der Waals surface area contributed by atoms with Crippen LogP contribution in [0.15, 0.2) is 0 Å². The molecular formula is C15H30O2. The molecule has 0 fully saturated rings. The molecule has 0 saturated carbocycles. The Hall–Kier alpha value is -0.530. The van der Waals surface area contributed by atoms with Gasteiger partial charge >= 0.3 is 5.97 Å². The molecule has 0 heterocycles. The topological polar surface area (TPSA) is 26.3 Å². The van der Waals surface area contributed by atoms with Gasteiger partial charge < -0.3 is 4.74 Å². The number of carbonyl (C=O) groups is 1. The molecule has 1 unspecified atom stereocenters. The van der Waals surface area contributed by atoms with Crippen LogP contribution in [0.5, 0.6) is 0 Å². The zero-order valence-corrected chi connectivity index (χ0v) is 12.0. The Morgan fingerprint density at radius 2 is 1.53 bits per heavy atom. The molecule has 0 rings (SSSR count).